The van der Waals surface area contributed by atoms with Crippen LogP contribution in [0.1, 0.15) is 66.9 Å². The minimum absolute atomic E-state index is 0.0897. The third kappa shape index (κ3) is 11.7. The first-order valence-corrected chi connectivity index (χ1v) is 12.3. The number of carbonyl (C=O) groups is 4. The van der Waals surface area contributed by atoms with E-state index in [0.29, 0.717) is 5.56 Å². The molecule has 9 nitrogen and oxygen atoms in total. The Hall–Kier alpha value is -2.94. The molecule has 0 saturated carbocycles. The van der Waals surface area contributed by atoms with Crippen molar-refractivity contribution in [2.45, 2.75) is 73.8 Å². The summed E-state index contributed by atoms with van der Waals surface area (Å²) in [5.74, 6) is -1.27. The fourth-order valence-electron chi connectivity index (χ4n) is 3.05. The SMILES string of the molecule is COC(=O)[C@H](Cc1ccc(OC(=O)CC(C)C)c(OC(=O)CC(C)C)c1)NCCOC(=O)C(C)(C)C. The first-order valence-electron chi connectivity index (χ1n) is 12.3. The second kappa shape index (κ2) is 14.6. The Kier molecular flexibility index (Phi) is 12.6. The number of ether oxygens (including phenoxy) is 4. The van der Waals surface area contributed by atoms with Gasteiger partial charge in [0.25, 0.3) is 0 Å². The van der Waals surface area contributed by atoms with Crippen LogP contribution in [0.3, 0.4) is 0 Å². The second-order valence-corrected chi connectivity index (χ2v) is 10.5. The number of benzene rings is 1. The maximum Gasteiger partial charge on any atom is 0.323 e. The highest BCUT2D eigenvalue weighted by Crippen LogP contribution is 2.30. The normalized spacial score (nSPS) is 12.3. The van der Waals surface area contributed by atoms with Gasteiger partial charge in [-0.05, 0) is 56.7 Å². The molecule has 0 bridgehead atoms. The first-order chi connectivity index (χ1) is 16.7. The smallest absolute Gasteiger partial charge is 0.323 e. The van der Waals surface area contributed by atoms with E-state index in [4.69, 9.17) is 18.9 Å². The Bertz CT molecular complexity index is 902. The predicted molar refractivity (Wildman–Crippen MR) is 135 cm³/mol. The van der Waals surface area contributed by atoms with Crippen LogP contribution in [0.4, 0.5) is 0 Å². The average Bonchev–Trinajstić information content (AvgIpc) is 2.74. The molecule has 0 radical (unpaired) electrons. The Morgan fingerprint density at radius 1 is 0.889 bits per heavy atom. The molecule has 1 aromatic rings. The molecule has 0 aliphatic rings. The van der Waals surface area contributed by atoms with Gasteiger partial charge in [-0.25, -0.2) is 0 Å². The molecule has 36 heavy (non-hydrogen) atoms. The molecule has 0 spiro atoms. The summed E-state index contributed by atoms with van der Waals surface area (Å²) >= 11 is 0. The van der Waals surface area contributed by atoms with Gasteiger partial charge in [-0.1, -0.05) is 33.8 Å². The van der Waals surface area contributed by atoms with Crippen LogP contribution in [-0.4, -0.2) is 50.2 Å². The van der Waals surface area contributed by atoms with Gasteiger partial charge < -0.3 is 24.3 Å². The van der Waals surface area contributed by atoms with Crippen LogP contribution in [0.5, 0.6) is 11.5 Å². The fourth-order valence-corrected chi connectivity index (χ4v) is 3.05. The Balaban J connectivity index is 3.02. The molecule has 0 saturated heterocycles. The van der Waals surface area contributed by atoms with Crippen molar-refractivity contribution in [2.75, 3.05) is 20.3 Å². The van der Waals surface area contributed by atoms with Crippen LogP contribution in [-0.2, 0) is 35.1 Å². The predicted octanol–water partition coefficient (Wildman–Crippen LogP) is 3.85. The molecule has 0 aliphatic heterocycles. The summed E-state index contributed by atoms with van der Waals surface area (Å²) in [6.45, 7) is 13.2. The lowest BCUT2D eigenvalue weighted by Crippen LogP contribution is -2.41. The zero-order valence-electron chi connectivity index (χ0n) is 22.8. The molecule has 202 valence electrons. The maximum atomic E-state index is 12.4. The molecule has 0 aromatic heterocycles. The van der Waals surface area contributed by atoms with Crippen molar-refractivity contribution in [3.05, 3.63) is 23.8 Å². The Morgan fingerprint density at radius 3 is 1.94 bits per heavy atom. The second-order valence-electron chi connectivity index (χ2n) is 10.5. The summed E-state index contributed by atoms with van der Waals surface area (Å²) in [4.78, 5) is 48.8. The minimum atomic E-state index is -0.739. The van der Waals surface area contributed by atoms with Gasteiger partial charge in [0, 0.05) is 19.4 Å². The van der Waals surface area contributed by atoms with Crippen molar-refractivity contribution in [1.82, 2.24) is 5.32 Å². The highest BCUT2D eigenvalue weighted by Gasteiger charge is 2.24. The fraction of sp³-hybridized carbons (Fsp3) is 0.630. The topological polar surface area (TPSA) is 117 Å². The Labute approximate surface area is 214 Å². The number of hydrogen-bond acceptors (Lipinski definition) is 9. The van der Waals surface area contributed by atoms with E-state index in [1.165, 1.54) is 7.11 Å². The van der Waals surface area contributed by atoms with Gasteiger partial charge in [-0.2, -0.15) is 0 Å². The van der Waals surface area contributed by atoms with Gasteiger partial charge >= 0.3 is 23.9 Å². The molecule has 0 heterocycles. The van der Waals surface area contributed by atoms with Crippen molar-refractivity contribution < 1.29 is 38.1 Å². The van der Waals surface area contributed by atoms with E-state index in [1.807, 2.05) is 27.7 Å². The minimum Gasteiger partial charge on any atom is -0.468 e. The zero-order chi connectivity index (χ0) is 27.5. The van der Waals surface area contributed by atoms with Gasteiger partial charge in [0.2, 0.25) is 0 Å². The van der Waals surface area contributed by atoms with Crippen LogP contribution in [0.2, 0.25) is 0 Å². The molecule has 1 atom stereocenters. The number of rotatable bonds is 13. The molecule has 0 amide bonds. The van der Waals surface area contributed by atoms with Crippen LogP contribution < -0.4 is 14.8 Å². The van der Waals surface area contributed by atoms with E-state index in [9.17, 15) is 19.2 Å². The van der Waals surface area contributed by atoms with Crippen LogP contribution in [0, 0.1) is 17.3 Å². The summed E-state index contributed by atoms with van der Waals surface area (Å²) in [7, 11) is 1.28. The summed E-state index contributed by atoms with van der Waals surface area (Å²) in [6.07, 6.45) is 0.618. The number of hydrogen-bond donors (Lipinski definition) is 1. The van der Waals surface area contributed by atoms with Crippen LogP contribution in [0.15, 0.2) is 18.2 Å². The van der Waals surface area contributed by atoms with E-state index in [0.717, 1.165) is 0 Å². The molecular weight excluding hydrogens is 466 g/mol. The third-order valence-corrected chi connectivity index (χ3v) is 4.87. The number of esters is 4. The lowest BCUT2D eigenvalue weighted by Gasteiger charge is -2.19. The Morgan fingerprint density at radius 2 is 1.44 bits per heavy atom. The third-order valence-electron chi connectivity index (χ3n) is 4.87. The van der Waals surface area contributed by atoms with Crippen molar-refractivity contribution in [3.8, 4) is 11.5 Å². The van der Waals surface area contributed by atoms with Crippen molar-refractivity contribution in [2.24, 2.45) is 17.3 Å². The number of nitrogens with one attached hydrogen (secondary N) is 1. The van der Waals surface area contributed by atoms with Gasteiger partial charge in [0.15, 0.2) is 11.5 Å². The summed E-state index contributed by atoms with van der Waals surface area (Å²) in [5.41, 5.74) is 0.0338. The van der Waals surface area contributed by atoms with E-state index >= 15 is 0 Å². The van der Waals surface area contributed by atoms with Gasteiger partial charge in [-0.15, -0.1) is 0 Å². The highest BCUT2D eigenvalue weighted by molar-refractivity contribution is 5.78. The van der Waals surface area contributed by atoms with E-state index in [1.54, 1.807) is 39.0 Å². The van der Waals surface area contributed by atoms with Gasteiger partial charge in [0.05, 0.1) is 12.5 Å². The van der Waals surface area contributed by atoms with Crippen LogP contribution in [0.25, 0.3) is 0 Å². The molecule has 0 aliphatic carbocycles. The molecule has 1 N–H and O–H groups in total. The van der Waals surface area contributed by atoms with Gasteiger partial charge in [-0.3, -0.25) is 19.2 Å². The quantitative estimate of drug-likeness (QED) is 0.241. The van der Waals surface area contributed by atoms with Crippen LogP contribution >= 0.6 is 0 Å². The number of carbonyl (C=O) groups excluding carboxylic acids is 4. The van der Waals surface area contributed by atoms with E-state index in [-0.39, 0.29) is 61.7 Å². The standard InChI is InChI=1S/C27H41NO8/c1-17(2)13-23(29)35-21-10-9-19(16-22(21)36-24(30)14-18(3)4)15-20(25(31)33-8)28-11-12-34-26(32)27(5,6)7/h9-10,16-18,20,28H,11-15H2,1-8H3/t20-/m0/s1. The first kappa shape index (κ1) is 31.1. The lowest BCUT2D eigenvalue weighted by molar-refractivity contribution is -0.152. The zero-order valence-corrected chi connectivity index (χ0v) is 22.8. The largest absolute Gasteiger partial charge is 0.468 e. The van der Waals surface area contributed by atoms with Crippen molar-refractivity contribution in [3.63, 3.8) is 0 Å². The molecule has 0 fully saturated rings. The molecule has 1 aromatic carbocycles. The molecule has 9 heteroatoms. The number of methoxy groups -OCH3 is 1. The van der Waals surface area contributed by atoms with Gasteiger partial charge in [0.1, 0.15) is 12.6 Å². The summed E-state index contributed by atoms with van der Waals surface area (Å²) in [6, 6.07) is 4.07. The maximum absolute atomic E-state index is 12.4. The van der Waals surface area contributed by atoms with E-state index < -0.39 is 29.4 Å². The molecular formula is C27H41NO8. The molecule has 1 rings (SSSR count). The average molecular weight is 508 g/mol. The lowest BCUT2D eigenvalue weighted by atomic mass is 9.97. The van der Waals surface area contributed by atoms with Crippen molar-refractivity contribution >= 4 is 23.9 Å². The summed E-state index contributed by atoms with van der Waals surface area (Å²) in [5, 5.41) is 3.04. The monoisotopic (exact) mass is 507 g/mol. The van der Waals surface area contributed by atoms with E-state index in [2.05, 4.69) is 5.32 Å². The molecule has 0 unspecified atom stereocenters. The summed E-state index contributed by atoms with van der Waals surface area (Å²) < 4.78 is 21.1. The van der Waals surface area contributed by atoms with Crippen molar-refractivity contribution in [1.29, 1.82) is 0 Å². The highest BCUT2D eigenvalue weighted by atomic mass is 16.6.